The van der Waals surface area contributed by atoms with E-state index < -0.39 is 6.16 Å². The summed E-state index contributed by atoms with van der Waals surface area (Å²) in [4.78, 5) is 11.3. The van der Waals surface area contributed by atoms with Gasteiger partial charge >= 0.3 is 6.16 Å². The fraction of sp³-hybridized carbons (Fsp3) is 0.667. The molecule has 0 spiro atoms. The van der Waals surface area contributed by atoms with Gasteiger partial charge in [-0.1, -0.05) is 52.0 Å². The van der Waals surface area contributed by atoms with Crippen molar-refractivity contribution in [1.82, 2.24) is 0 Å². The highest BCUT2D eigenvalue weighted by atomic mass is 16.7. The zero-order valence-electron chi connectivity index (χ0n) is 12.2. The molecule has 0 N–H and O–H groups in total. The van der Waals surface area contributed by atoms with Crippen LogP contribution in [0.25, 0.3) is 0 Å². The van der Waals surface area contributed by atoms with Crippen LogP contribution in [0.5, 0.6) is 0 Å². The summed E-state index contributed by atoms with van der Waals surface area (Å²) in [5.41, 5.74) is -0.0696. The number of hydrogen-bond donors (Lipinski definition) is 0. The average Bonchev–Trinajstić information content (AvgIpc) is 2.26. The molecule has 1 atom stereocenters. The molecule has 0 aromatic carbocycles. The molecule has 3 nitrogen and oxygen atoms in total. The third-order valence-electron chi connectivity index (χ3n) is 2.63. The Kier molecular flexibility index (Phi) is 8.17. The van der Waals surface area contributed by atoms with Gasteiger partial charge < -0.3 is 9.47 Å². The van der Waals surface area contributed by atoms with Gasteiger partial charge in [-0.25, -0.2) is 4.79 Å². The van der Waals surface area contributed by atoms with E-state index in [1.807, 2.05) is 39.8 Å². The van der Waals surface area contributed by atoms with E-state index >= 15 is 0 Å². The largest absolute Gasteiger partial charge is 0.508 e. The van der Waals surface area contributed by atoms with Crippen LogP contribution in [0.3, 0.4) is 0 Å². The monoisotopic (exact) mass is 254 g/mol. The van der Waals surface area contributed by atoms with Crippen molar-refractivity contribution in [3.8, 4) is 0 Å². The molecule has 18 heavy (non-hydrogen) atoms. The summed E-state index contributed by atoms with van der Waals surface area (Å²) in [7, 11) is 0. The lowest BCUT2D eigenvalue weighted by atomic mass is 9.90. The lowest BCUT2D eigenvalue weighted by Gasteiger charge is -2.26. The van der Waals surface area contributed by atoms with Crippen LogP contribution in [0.15, 0.2) is 24.3 Å². The number of rotatable bonds is 6. The van der Waals surface area contributed by atoms with E-state index in [9.17, 15) is 4.79 Å². The molecule has 104 valence electrons. The van der Waals surface area contributed by atoms with Crippen molar-refractivity contribution in [2.75, 3.05) is 6.61 Å². The highest BCUT2D eigenvalue weighted by molar-refractivity contribution is 5.60. The van der Waals surface area contributed by atoms with Crippen LogP contribution >= 0.6 is 0 Å². The molecular formula is C15H26O3. The standard InChI is InChI=1S/C15H26O3/c1-6-7-8-9-10-11-12-17-14(16)18-13(2)15(3,4)5/h7-8,10-11,13H,6,9,12H2,1-5H3/b8-7-,11-10-. The van der Waals surface area contributed by atoms with Crippen LogP contribution in [0.1, 0.15) is 47.5 Å². The van der Waals surface area contributed by atoms with E-state index in [4.69, 9.17) is 9.47 Å². The zero-order valence-corrected chi connectivity index (χ0v) is 12.2. The van der Waals surface area contributed by atoms with E-state index in [1.54, 1.807) is 0 Å². The van der Waals surface area contributed by atoms with E-state index in [0.717, 1.165) is 12.8 Å². The third kappa shape index (κ3) is 8.85. The Bertz CT molecular complexity index is 285. The first kappa shape index (κ1) is 16.8. The molecule has 0 saturated carbocycles. The molecule has 3 heteroatoms. The quantitative estimate of drug-likeness (QED) is 0.517. The lowest BCUT2D eigenvalue weighted by Crippen LogP contribution is -2.29. The smallest absolute Gasteiger partial charge is 0.431 e. The highest BCUT2D eigenvalue weighted by Crippen LogP contribution is 2.21. The molecule has 0 fully saturated rings. The predicted octanol–water partition coefficient (Wildman–Crippen LogP) is 4.49. The maximum Gasteiger partial charge on any atom is 0.508 e. The van der Waals surface area contributed by atoms with Gasteiger partial charge in [-0.15, -0.1) is 0 Å². The van der Waals surface area contributed by atoms with Crippen molar-refractivity contribution < 1.29 is 14.3 Å². The Hall–Kier alpha value is -1.25. The van der Waals surface area contributed by atoms with Gasteiger partial charge in [0.05, 0.1) is 0 Å². The Morgan fingerprint density at radius 2 is 1.78 bits per heavy atom. The van der Waals surface area contributed by atoms with Gasteiger partial charge in [0.1, 0.15) is 12.7 Å². The van der Waals surface area contributed by atoms with Crippen LogP contribution in [-0.2, 0) is 9.47 Å². The van der Waals surface area contributed by atoms with Gasteiger partial charge in [0.25, 0.3) is 0 Å². The number of hydrogen-bond acceptors (Lipinski definition) is 3. The van der Waals surface area contributed by atoms with Crippen LogP contribution in [0.2, 0.25) is 0 Å². The van der Waals surface area contributed by atoms with Crippen LogP contribution < -0.4 is 0 Å². The normalized spacial score (nSPS) is 14.1. The second-order valence-corrected chi connectivity index (χ2v) is 5.27. The second-order valence-electron chi connectivity index (χ2n) is 5.27. The van der Waals surface area contributed by atoms with Gasteiger partial charge in [-0.3, -0.25) is 0 Å². The van der Waals surface area contributed by atoms with Gasteiger partial charge in [-0.05, 0) is 25.2 Å². The molecule has 0 radical (unpaired) electrons. The maximum absolute atomic E-state index is 11.3. The first-order valence-electron chi connectivity index (χ1n) is 6.51. The molecule has 0 aliphatic carbocycles. The minimum atomic E-state index is -0.605. The molecule has 0 amide bonds. The lowest BCUT2D eigenvalue weighted by molar-refractivity contribution is -0.00418. The maximum atomic E-state index is 11.3. The summed E-state index contributed by atoms with van der Waals surface area (Å²) in [6, 6.07) is 0. The van der Waals surface area contributed by atoms with Gasteiger partial charge in [0.2, 0.25) is 0 Å². The Morgan fingerprint density at radius 3 is 2.33 bits per heavy atom. The molecule has 0 aromatic rings. The third-order valence-corrected chi connectivity index (χ3v) is 2.63. The SMILES string of the molecule is CC/C=C\C/C=C\COC(=O)OC(C)C(C)(C)C. The van der Waals surface area contributed by atoms with Crippen molar-refractivity contribution in [3.05, 3.63) is 24.3 Å². The highest BCUT2D eigenvalue weighted by Gasteiger charge is 2.24. The van der Waals surface area contributed by atoms with E-state index in [1.165, 1.54) is 0 Å². The minimum absolute atomic E-state index is 0.0696. The van der Waals surface area contributed by atoms with Gasteiger partial charge in [0.15, 0.2) is 0 Å². The Morgan fingerprint density at radius 1 is 1.17 bits per heavy atom. The predicted molar refractivity (Wildman–Crippen MR) is 74.5 cm³/mol. The van der Waals surface area contributed by atoms with Gasteiger partial charge in [-0.2, -0.15) is 0 Å². The Labute approximate surface area is 111 Å². The molecule has 0 aliphatic heterocycles. The molecular weight excluding hydrogens is 228 g/mol. The zero-order chi connectivity index (χ0) is 14.0. The summed E-state index contributed by atoms with van der Waals surface area (Å²) < 4.78 is 10.1. The number of allylic oxidation sites excluding steroid dienone is 3. The van der Waals surface area contributed by atoms with E-state index in [2.05, 4.69) is 19.1 Å². The topological polar surface area (TPSA) is 35.5 Å². The fourth-order valence-corrected chi connectivity index (χ4v) is 0.977. The number of ether oxygens (including phenoxy) is 2. The minimum Gasteiger partial charge on any atom is -0.431 e. The van der Waals surface area contributed by atoms with Crippen LogP contribution in [0.4, 0.5) is 4.79 Å². The first-order valence-corrected chi connectivity index (χ1v) is 6.51. The summed E-state index contributed by atoms with van der Waals surface area (Å²) in [6.07, 6.45) is 9.11. The molecule has 0 heterocycles. The average molecular weight is 254 g/mol. The van der Waals surface area contributed by atoms with Crippen molar-refractivity contribution in [3.63, 3.8) is 0 Å². The van der Waals surface area contributed by atoms with Crippen molar-refractivity contribution in [2.24, 2.45) is 5.41 Å². The van der Waals surface area contributed by atoms with Crippen LogP contribution in [0, 0.1) is 5.41 Å². The summed E-state index contributed by atoms with van der Waals surface area (Å²) in [5, 5.41) is 0. The molecule has 0 saturated heterocycles. The second kappa shape index (κ2) is 8.78. The molecule has 0 aromatic heterocycles. The summed E-state index contributed by atoms with van der Waals surface area (Å²) in [6.45, 7) is 10.3. The van der Waals surface area contributed by atoms with Gasteiger partial charge in [0, 0.05) is 0 Å². The summed E-state index contributed by atoms with van der Waals surface area (Å²) in [5.74, 6) is 0. The molecule has 0 rings (SSSR count). The van der Waals surface area contributed by atoms with E-state index in [-0.39, 0.29) is 18.1 Å². The Balaban J connectivity index is 3.75. The number of carbonyl (C=O) groups is 1. The van der Waals surface area contributed by atoms with Crippen molar-refractivity contribution >= 4 is 6.16 Å². The van der Waals surface area contributed by atoms with E-state index in [0.29, 0.717) is 0 Å². The molecule has 0 aliphatic rings. The fourth-order valence-electron chi connectivity index (χ4n) is 0.977. The molecule has 0 bridgehead atoms. The summed E-state index contributed by atoms with van der Waals surface area (Å²) >= 11 is 0. The van der Waals surface area contributed by atoms with Crippen molar-refractivity contribution in [2.45, 2.75) is 53.6 Å². The van der Waals surface area contributed by atoms with Crippen LogP contribution in [-0.4, -0.2) is 18.9 Å². The number of carbonyl (C=O) groups excluding carboxylic acids is 1. The van der Waals surface area contributed by atoms with Crippen molar-refractivity contribution in [1.29, 1.82) is 0 Å². The molecule has 1 unspecified atom stereocenters. The first-order chi connectivity index (χ1) is 8.38.